The molecule has 0 aromatic carbocycles. The van der Waals surface area contributed by atoms with E-state index >= 15 is 0 Å². The summed E-state index contributed by atoms with van der Waals surface area (Å²) >= 11 is 0. The third-order valence-corrected chi connectivity index (χ3v) is 2.02. The highest BCUT2D eigenvalue weighted by Gasteiger charge is 2.48. The van der Waals surface area contributed by atoms with Gasteiger partial charge in [-0.25, -0.2) is 4.79 Å². The fourth-order valence-electron chi connectivity index (χ4n) is 1.04. The summed E-state index contributed by atoms with van der Waals surface area (Å²) in [5.41, 5.74) is -2.36. The fraction of sp³-hybridized carbons (Fsp3) is 0.750. The number of hydrogen-bond donors (Lipinski definition) is 2. The molecule has 0 heterocycles. The molecule has 0 amide bonds. The monoisotopic (exact) mass is 262 g/mol. The summed E-state index contributed by atoms with van der Waals surface area (Å²) in [6.45, 7) is 11.2. The molecule has 0 aliphatic rings. The second-order valence-electron chi connectivity index (χ2n) is 4.55. The van der Waals surface area contributed by atoms with Crippen LogP contribution in [0.2, 0.25) is 0 Å². The van der Waals surface area contributed by atoms with Gasteiger partial charge in [-0.05, 0) is 34.6 Å². The SMILES string of the molecule is C=C(OOC(C)C)[C@@](O)(C(=O)OC(C)C)[C@@H](C)O. The first-order valence-corrected chi connectivity index (χ1v) is 5.76. The topological polar surface area (TPSA) is 85.2 Å². The Bertz CT molecular complexity index is 297. The predicted octanol–water partition coefficient (Wildman–Crippen LogP) is 0.920. The van der Waals surface area contributed by atoms with Gasteiger partial charge in [-0.15, -0.1) is 0 Å². The van der Waals surface area contributed by atoms with Crippen LogP contribution in [0.25, 0.3) is 0 Å². The predicted molar refractivity (Wildman–Crippen MR) is 64.3 cm³/mol. The number of esters is 1. The first-order valence-electron chi connectivity index (χ1n) is 5.76. The van der Waals surface area contributed by atoms with Crippen LogP contribution in [0.4, 0.5) is 0 Å². The van der Waals surface area contributed by atoms with E-state index in [2.05, 4.69) is 6.58 Å². The van der Waals surface area contributed by atoms with Gasteiger partial charge in [0.15, 0.2) is 5.76 Å². The molecule has 0 aromatic rings. The average molecular weight is 262 g/mol. The molecular formula is C12H22O6. The number of ether oxygens (including phenoxy) is 1. The van der Waals surface area contributed by atoms with E-state index in [1.54, 1.807) is 27.7 Å². The summed E-state index contributed by atoms with van der Waals surface area (Å²) in [6.07, 6.45) is -2.19. The zero-order chi connectivity index (χ0) is 14.5. The number of carbonyl (C=O) groups is 1. The Morgan fingerprint density at radius 2 is 1.67 bits per heavy atom. The number of hydrogen-bond acceptors (Lipinski definition) is 6. The molecule has 2 atom stereocenters. The fourth-order valence-corrected chi connectivity index (χ4v) is 1.04. The first kappa shape index (κ1) is 16.9. The Labute approximate surface area is 107 Å². The Kier molecular flexibility index (Phi) is 6.31. The van der Waals surface area contributed by atoms with E-state index < -0.39 is 29.5 Å². The summed E-state index contributed by atoms with van der Waals surface area (Å²) in [5.74, 6) is -1.46. The Balaban J connectivity index is 4.91. The average Bonchev–Trinajstić information content (AvgIpc) is 2.22. The molecule has 0 aromatic heterocycles. The van der Waals surface area contributed by atoms with E-state index in [4.69, 9.17) is 14.5 Å². The maximum Gasteiger partial charge on any atom is 0.349 e. The lowest BCUT2D eigenvalue weighted by molar-refractivity contribution is -0.305. The van der Waals surface area contributed by atoms with Crippen molar-refractivity contribution in [1.82, 2.24) is 0 Å². The summed E-state index contributed by atoms with van der Waals surface area (Å²) in [5, 5.41) is 19.7. The molecule has 0 radical (unpaired) electrons. The molecule has 106 valence electrons. The number of rotatable bonds is 7. The third-order valence-electron chi connectivity index (χ3n) is 2.02. The zero-order valence-corrected chi connectivity index (χ0v) is 11.5. The highest BCUT2D eigenvalue weighted by Crippen LogP contribution is 2.24. The lowest BCUT2D eigenvalue weighted by Gasteiger charge is -2.30. The minimum absolute atomic E-state index is 0.291. The maximum atomic E-state index is 11.8. The highest BCUT2D eigenvalue weighted by molar-refractivity contribution is 5.83. The van der Waals surface area contributed by atoms with Gasteiger partial charge < -0.3 is 19.8 Å². The van der Waals surface area contributed by atoms with E-state index in [1.807, 2.05) is 0 Å². The van der Waals surface area contributed by atoms with Crippen LogP contribution in [0.15, 0.2) is 12.3 Å². The Morgan fingerprint density at radius 3 is 2.00 bits per heavy atom. The van der Waals surface area contributed by atoms with E-state index in [0.29, 0.717) is 0 Å². The molecule has 0 rings (SSSR count). The van der Waals surface area contributed by atoms with Crippen LogP contribution in [-0.2, 0) is 19.3 Å². The standard InChI is InChI=1S/C12H22O6/c1-7(2)16-11(14)12(15,9(5)13)10(6)18-17-8(3)4/h7-9,13,15H,6H2,1-5H3/t9-,12-/m1/s1. The van der Waals surface area contributed by atoms with Gasteiger partial charge in [0.2, 0.25) is 5.60 Å². The van der Waals surface area contributed by atoms with Crippen LogP contribution in [0.5, 0.6) is 0 Å². The van der Waals surface area contributed by atoms with E-state index in [-0.39, 0.29) is 6.10 Å². The molecule has 6 nitrogen and oxygen atoms in total. The molecule has 0 bridgehead atoms. The molecule has 6 heteroatoms. The quantitative estimate of drug-likeness (QED) is 0.307. The molecule has 0 saturated heterocycles. The van der Waals surface area contributed by atoms with Crippen molar-refractivity contribution < 1.29 is 29.5 Å². The van der Waals surface area contributed by atoms with Crippen LogP contribution < -0.4 is 0 Å². The van der Waals surface area contributed by atoms with Gasteiger partial charge >= 0.3 is 5.97 Å². The Morgan fingerprint density at radius 1 is 1.17 bits per heavy atom. The summed E-state index contributed by atoms with van der Waals surface area (Å²) in [4.78, 5) is 21.3. The summed E-state index contributed by atoms with van der Waals surface area (Å²) in [6, 6.07) is 0. The molecular weight excluding hydrogens is 240 g/mol. The summed E-state index contributed by atoms with van der Waals surface area (Å²) < 4.78 is 4.86. The molecule has 0 unspecified atom stereocenters. The second-order valence-corrected chi connectivity index (χ2v) is 4.55. The van der Waals surface area contributed by atoms with Crippen molar-refractivity contribution in [3.05, 3.63) is 12.3 Å². The van der Waals surface area contributed by atoms with Crippen LogP contribution in [0, 0.1) is 0 Å². The molecule has 0 aliphatic carbocycles. The molecule has 2 N–H and O–H groups in total. The van der Waals surface area contributed by atoms with Crippen molar-refractivity contribution >= 4 is 5.97 Å². The van der Waals surface area contributed by atoms with Crippen molar-refractivity contribution in [3.8, 4) is 0 Å². The van der Waals surface area contributed by atoms with Crippen LogP contribution in [0.3, 0.4) is 0 Å². The molecule has 0 saturated carbocycles. The van der Waals surface area contributed by atoms with Crippen molar-refractivity contribution in [3.63, 3.8) is 0 Å². The van der Waals surface area contributed by atoms with Crippen molar-refractivity contribution in [2.75, 3.05) is 0 Å². The van der Waals surface area contributed by atoms with Crippen LogP contribution in [0.1, 0.15) is 34.6 Å². The van der Waals surface area contributed by atoms with Crippen molar-refractivity contribution in [2.24, 2.45) is 0 Å². The number of carbonyl (C=O) groups excluding carboxylic acids is 1. The van der Waals surface area contributed by atoms with Crippen molar-refractivity contribution in [2.45, 2.75) is 58.5 Å². The first-order chi connectivity index (χ1) is 8.12. The van der Waals surface area contributed by atoms with Gasteiger partial charge in [-0.3, -0.25) is 0 Å². The van der Waals surface area contributed by atoms with Gasteiger partial charge in [-0.2, -0.15) is 4.89 Å². The van der Waals surface area contributed by atoms with E-state index in [1.165, 1.54) is 6.92 Å². The smallest absolute Gasteiger partial charge is 0.349 e. The second kappa shape index (κ2) is 6.72. The number of aliphatic hydroxyl groups is 2. The lowest BCUT2D eigenvalue weighted by atomic mass is 9.96. The minimum atomic E-state index is -2.36. The van der Waals surface area contributed by atoms with Gasteiger partial charge in [0, 0.05) is 0 Å². The minimum Gasteiger partial charge on any atom is -0.460 e. The van der Waals surface area contributed by atoms with Crippen molar-refractivity contribution in [1.29, 1.82) is 0 Å². The Hall–Kier alpha value is -1.11. The molecule has 0 spiro atoms. The summed E-state index contributed by atoms with van der Waals surface area (Å²) in [7, 11) is 0. The molecule has 0 fully saturated rings. The van der Waals surface area contributed by atoms with Gasteiger partial charge in [0.1, 0.15) is 0 Å². The van der Waals surface area contributed by atoms with Gasteiger partial charge in [0.05, 0.1) is 18.3 Å². The third kappa shape index (κ3) is 4.29. The largest absolute Gasteiger partial charge is 0.460 e. The lowest BCUT2D eigenvalue weighted by Crippen LogP contribution is -2.52. The highest BCUT2D eigenvalue weighted by atomic mass is 17.2. The van der Waals surface area contributed by atoms with Crippen LogP contribution in [-0.4, -0.2) is 40.1 Å². The zero-order valence-electron chi connectivity index (χ0n) is 11.5. The van der Waals surface area contributed by atoms with Crippen LogP contribution >= 0.6 is 0 Å². The normalized spacial score (nSPS) is 16.3. The van der Waals surface area contributed by atoms with Gasteiger partial charge in [-0.1, -0.05) is 6.58 Å². The van der Waals surface area contributed by atoms with E-state index in [9.17, 15) is 15.0 Å². The maximum absolute atomic E-state index is 11.8. The molecule has 18 heavy (non-hydrogen) atoms. The van der Waals surface area contributed by atoms with E-state index in [0.717, 1.165) is 0 Å². The van der Waals surface area contributed by atoms with Gasteiger partial charge in [0.25, 0.3) is 0 Å². The molecule has 0 aliphatic heterocycles. The number of aliphatic hydroxyl groups excluding tert-OH is 1.